The fourth-order valence-corrected chi connectivity index (χ4v) is 3.07. The smallest absolute Gasteiger partial charge is 0.363 e. The van der Waals surface area contributed by atoms with Crippen LogP contribution in [-0.2, 0) is 9.53 Å². The number of nitrogens with zero attached hydrogens (tertiary/aromatic N) is 1. The average Bonchev–Trinajstić information content (AvgIpc) is 3.02. The number of ether oxygens (including phenoxy) is 2. The summed E-state index contributed by atoms with van der Waals surface area (Å²) < 4.78 is 10.7. The lowest BCUT2D eigenvalue weighted by Crippen LogP contribution is -2.07. The number of carbonyl (C=O) groups is 1. The van der Waals surface area contributed by atoms with Crippen LogP contribution < -0.4 is 4.74 Å². The first-order valence-electron chi connectivity index (χ1n) is 8.00. The summed E-state index contributed by atoms with van der Waals surface area (Å²) in [6.07, 6.45) is 1.73. The Hall–Kier alpha value is -3.11. The molecule has 0 saturated heterocycles. The molecule has 0 radical (unpaired) electrons. The first kappa shape index (κ1) is 16.4. The van der Waals surface area contributed by atoms with Gasteiger partial charge in [0.25, 0.3) is 0 Å². The second-order valence-electron chi connectivity index (χ2n) is 5.75. The Morgan fingerprint density at radius 2 is 1.88 bits per heavy atom. The van der Waals surface area contributed by atoms with E-state index in [0.29, 0.717) is 16.3 Å². The van der Waals surface area contributed by atoms with Crippen LogP contribution in [-0.4, -0.2) is 19.0 Å². The van der Waals surface area contributed by atoms with Gasteiger partial charge in [-0.25, -0.2) is 9.79 Å². The maximum atomic E-state index is 12.3. The summed E-state index contributed by atoms with van der Waals surface area (Å²) in [4.78, 5) is 16.7. The number of halogens is 1. The lowest BCUT2D eigenvalue weighted by Gasteiger charge is -2.07. The quantitative estimate of drug-likeness (QED) is 0.494. The third-order valence-corrected chi connectivity index (χ3v) is 4.36. The summed E-state index contributed by atoms with van der Waals surface area (Å²) in [5.74, 6) is 0.211. The first-order valence-corrected chi connectivity index (χ1v) is 8.38. The SMILES string of the molecule is COc1ccc(Cl)cc1C1=N/C(=C/c2cccc3ccccc23)C(=O)O1. The highest BCUT2D eigenvalue weighted by Crippen LogP contribution is 2.28. The molecular weight excluding hydrogens is 350 g/mol. The zero-order chi connectivity index (χ0) is 18.1. The molecule has 5 heteroatoms. The molecule has 1 aliphatic heterocycles. The van der Waals surface area contributed by atoms with Gasteiger partial charge in [0, 0.05) is 5.02 Å². The number of rotatable bonds is 3. The molecule has 3 aromatic rings. The maximum absolute atomic E-state index is 12.3. The molecule has 4 rings (SSSR count). The highest BCUT2D eigenvalue weighted by molar-refractivity contribution is 6.31. The van der Waals surface area contributed by atoms with Crippen molar-refractivity contribution in [2.75, 3.05) is 7.11 Å². The zero-order valence-corrected chi connectivity index (χ0v) is 14.7. The van der Waals surface area contributed by atoms with Crippen molar-refractivity contribution in [1.82, 2.24) is 0 Å². The second kappa shape index (κ2) is 6.65. The molecule has 4 nitrogen and oxygen atoms in total. The summed E-state index contributed by atoms with van der Waals surface area (Å²) in [5.41, 5.74) is 1.67. The van der Waals surface area contributed by atoms with Crippen LogP contribution in [0.5, 0.6) is 5.75 Å². The molecule has 3 aromatic carbocycles. The summed E-state index contributed by atoms with van der Waals surface area (Å²) in [7, 11) is 1.54. The van der Waals surface area contributed by atoms with E-state index in [9.17, 15) is 4.79 Å². The van der Waals surface area contributed by atoms with Gasteiger partial charge in [-0.15, -0.1) is 0 Å². The number of hydrogen-bond donors (Lipinski definition) is 0. The van der Waals surface area contributed by atoms with Crippen LogP contribution in [0.2, 0.25) is 5.02 Å². The Labute approximate surface area is 155 Å². The molecule has 0 unspecified atom stereocenters. The fraction of sp³-hybridized carbons (Fsp3) is 0.0476. The van der Waals surface area contributed by atoms with Gasteiger partial charge in [-0.2, -0.15) is 0 Å². The van der Waals surface area contributed by atoms with Crippen molar-refractivity contribution >= 4 is 40.3 Å². The van der Waals surface area contributed by atoms with Crippen LogP contribution >= 0.6 is 11.6 Å². The Morgan fingerprint density at radius 3 is 2.73 bits per heavy atom. The van der Waals surface area contributed by atoms with E-state index < -0.39 is 5.97 Å². The van der Waals surface area contributed by atoms with E-state index in [0.717, 1.165) is 16.3 Å². The predicted molar refractivity (Wildman–Crippen MR) is 103 cm³/mol. The molecule has 1 aliphatic rings. The normalized spacial score (nSPS) is 15.2. The Morgan fingerprint density at radius 1 is 1.08 bits per heavy atom. The van der Waals surface area contributed by atoms with E-state index in [-0.39, 0.29) is 11.6 Å². The van der Waals surface area contributed by atoms with Gasteiger partial charge < -0.3 is 9.47 Å². The van der Waals surface area contributed by atoms with Crippen LogP contribution in [0.25, 0.3) is 16.8 Å². The molecule has 0 fully saturated rings. The predicted octanol–water partition coefficient (Wildman–Crippen LogP) is 4.85. The highest BCUT2D eigenvalue weighted by atomic mass is 35.5. The molecule has 0 saturated carbocycles. The van der Waals surface area contributed by atoms with Crippen molar-refractivity contribution in [3.8, 4) is 5.75 Å². The maximum Gasteiger partial charge on any atom is 0.363 e. The monoisotopic (exact) mass is 363 g/mol. The molecule has 0 N–H and O–H groups in total. The van der Waals surface area contributed by atoms with Crippen molar-refractivity contribution in [2.24, 2.45) is 4.99 Å². The Balaban J connectivity index is 1.80. The molecule has 0 aromatic heterocycles. The van der Waals surface area contributed by atoms with Crippen molar-refractivity contribution in [1.29, 1.82) is 0 Å². The van der Waals surface area contributed by atoms with E-state index in [1.807, 2.05) is 42.5 Å². The van der Waals surface area contributed by atoms with Crippen LogP contribution in [0.15, 0.2) is 71.4 Å². The first-order chi connectivity index (χ1) is 12.7. The second-order valence-corrected chi connectivity index (χ2v) is 6.19. The number of fused-ring (bicyclic) bond motifs is 1. The van der Waals surface area contributed by atoms with Crippen molar-refractivity contribution in [3.63, 3.8) is 0 Å². The van der Waals surface area contributed by atoms with Crippen LogP contribution in [0.1, 0.15) is 11.1 Å². The minimum absolute atomic E-state index is 0.181. The van der Waals surface area contributed by atoms with Gasteiger partial charge in [0.1, 0.15) is 5.75 Å². The topological polar surface area (TPSA) is 47.9 Å². The molecule has 0 bridgehead atoms. The number of aliphatic imine (C=N–C) groups is 1. The summed E-state index contributed by atoms with van der Waals surface area (Å²) in [5, 5.41) is 2.64. The number of hydrogen-bond acceptors (Lipinski definition) is 4. The largest absolute Gasteiger partial charge is 0.496 e. The number of benzene rings is 3. The van der Waals surface area contributed by atoms with Gasteiger partial charge in [-0.05, 0) is 40.6 Å². The van der Waals surface area contributed by atoms with Gasteiger partial charge in [0.15, 0.2) is 5.70 Å². The summed E-state index contributed by atoms with van der Waals surface area (Å²) >= 11 is 6.05. The molecule has 0 aliphatic carbocycles. The minimum Gasteiger partial charge on any atom is -0.496 e. The van der Waals surface area contributed by atoms with E-state index >= 15 is 0 Å². The molecule has 0 spiro atoms. The van der Waals surface area contributed by atoms with E-state index in [1.54, 1.807) is 24.3 Å². The van der Waals surface area contributed by atoms with Crippen LogP contribution in [0.3, 0.4) is 0 Å². The lowest BCUT2D eigenvalue weighted by atomic mass is 10.0. The number of methoxy groups -OCH3 is 1. The molecular formula is C21H14ClNO3. The van der Waals surface area contributed by atoms with Crippen molar-refractivity contribution in [3.05, 3.63) is 82.5 Å². The minimum atomic E-state index is -0.505. The lowest BCUT2D eigenvalue weighted by molar-refractivity contribution is -0.129. The van der Waals surface area contributed by atoms with E-state index in [1.165, 1.54) is 7.11 Å². The van der Waals surface area contributed by atoms with Crippen LogP contribution in [0.4, 0.5) is 0 Å². The molecule has 26 heavy (non-hydrogen) atoms. The van der Waals surface area contributed by atoms with Crippen molar-refractivity contribution < 1.29 is 14.3 Å². The van der Waals surface area contributed by atoms with E-state index in [2.05, 4.69) is 4.99 Å². The third kappa shape index (κ3) is 2.95. The molecule has 0 atom stereocenters. The third-order valence-electron chi connectivity index (χ3n) is 4.13. The molecule has 128 valence electrons. The Bertz CT molecular complexity index is 1080. The molecule has 0 amide bonds. The van der Waals surface area contributed by atoms with Gasteiger partial charge in [-0.3, -0.25) is 0 Å². The van der Waals surface area contributed by atoms with E-state index in [4.69, 9.17) is 21.1 Å². The number of cyclic esters (lactones) is 1. The molecule has 1 heterocycles. The van der Waals surface area contributed by atoms with Gasteiger partial charge >= 0.3 is 5.97 Å². The standard InChI is InChI=1S/C21H14ClNO3/c1-25-19-10-9-15(22)12-17(19)20-23-18(21(24)26-20)11-14-7-4-6-13-5-2-3-8-16(13)14/h2-12H,1H3/b18-11+. The van der Waals surface area contributed by atoms with Crippen molar-refractivity contribution in [2.45, 2.75) is 0 Å². The highest BCUT2D eigenvalue weighted by Gasteiger charge is 2.26. The summed E-state index contributed by atoms with van der Waals surface area (Å²) in [6.45, 7) is 0. The number of carbonyl (C=O) groups excluding carboxylic acids is 1. The van der Waals surface area contributed by atoms with Gasteiger partial charge in [0.05, 0.1) is 12.7 Å². The number of esters is 1. The van der Waals surface area contributed by atoms with Gasteiger partial charge in [0.2, 0.25) is 5.90 Å². The van der Waals surface area contributed by atoms with Crippen LogP contribution in [0, 0.1) is 0 Å². The van der Waals surface area contributed by atoms with Gasteiger partial charge in [-0.1, -0.05) is 54.1 Å². The average molecular weight is 364 g/mol. The Kier molecular flexibility index (Phi) is 4.19. The zero-order valence-electron chi connectivity index (χ0n) is 13.9. The fourth-order valence-electron chi connectivity index (χ4n) is 2.90. The summed E-state index contributed by atoms with van der Waals surface area (Å²) in [6, 6.07) is 18.9.